The molecule has 1 aromatic heterocycles. The standard InChI is InChI=1S/C30H42O7/c1-10-18(2)13-11-12-14-22(33-6)21(5)29(36-9)19(3)15-16-23-20(4)27(31)26-24(34-7)17-25(35-8)28(32)30(26)37-23/h10-14,17,19,21-22,29,32H,15-16H2,1-9H3/b13-11+,14-12+,18-10+/t19-,21+,22-,29+/m0/s1. The van der Waals surface area contributed by atoms with Crippen LogP contribution in [0.25, 0.3) is 11.0 Å². The second kappa shape index (κ2) is 14.1. The minimum absolute atomic E-state index is 0.0666. The number of fused-ring (bicyclic) bond motifs is 1. The molecule has 1 N–H and O–H groups in total. The third kappa shape index (κ3) is 7.05. The summed E-state index contributed by atoms with van der Waals surface area (Å²) < 4.78 is 28.3. The van der Waals surface area contributed by atoms with Crippen LogP contribution in [0, 0.1) is 18.8 Å². The topological polar surface area (TPSA) is 87.4 Å². The summed E-state index contributed by atoms with van der Waals surface area (Å²) in [6.07, 6.45) is 11.1. The zero-order valence-electron chi connectivity index (χ0n) is 23.6. The Labute approximate surface area is 220 Å². The number of phenolic OH excluding ortho intramolecular Hbond substituents is 1. The first-order chi connectivity index (χ1) is 17.6. The van der Waals surface area contributed by atoms with Gasteiger partial charge in [0.15, 0.2) is 16.8 Å². The number of aryl methyl sites for hydroxylation is 1. The van der Waals surface area contributed by atoms with Crippen LogP contribution in [0.15, 0.2) is 51.2 Å². The molecule has 0 radical (unpaired) electrons. The molecule has 0 aliphatic heterocycles. The van der Waals surface area contributed by atoms with E-state index < -0.39 is 0 Å². The van der Waals surface area contributed by atoms with E-state index in [9.17, 15) is 9.90 Å². The fourth-order valence-corrected chi connectivity index (χ4v) is 4.61. The molecule has 1 heterocycles. The van der Waals surface area contributed by atoms with Gasteiger partial charge in [0.25, 0.3) is 0 Å². The lowest BCUT2D eigenvalue weighted by Gasteiger charge is -2.32. The summed E-state index contributed by atoms with van der Waals surface area (Å²) in [6, 6.07) is 1.48. The normalized spacial score (nSPS) is 15.9. The average molecular weight is 515 g/mol. The Hall–Kier alpha value is -3.03. The molecule has 7 heteroatoms. The van der Waals surface area contributed by atoms with E-state index in [4.69, 9.17) is 23.4 Å². The molecular weight excluding hydrogens is 472 g/mol. The zero-order valence-corrected chi connectivity index (χ0v) is 23.6. The monoisotopic (exact) mass is 514 g/mol. The molecule has 2 aromatic rings. The van der Waals surface area contributed by atoms with Crippen molar-refractivity contribution in [3.05, 3.63) is 63.6 Å². The Morgan fingerprint density at radius 2 is 1.76 bits per heavy atom. The van der Waals surface area contributed by atoms with Gasteiger partial charge in [-0.3, -0.25) is 4.79 Å². The highest BCUT2D eigenvalue weighted by Crippen LogP contribution is 2.40. The van der Waals surface area contributed by atoms with Crippen LogP contribution in [-0.2, 0) is 15.9 Å². The first-order valence-electron chi connectivity index (χ1n) is 12.6. The van der Waals surface area contributed by atoms with Crippen molar-refractivity contribution in [3.8, 4) is 17.2 Å². The highest BCUT2D eigenvalue weighted by Gasteiger charge is 2.29. The summed E-state index contributed by atoms with van der Waals surface area (Å²) in [7, 11) is 6.31. The largest absolute Gasteiger partial charge is 0.502 e. The lowest BCUT2D eigenvalue weighted by Crippen LogP contribution is -2.36. The van der Waals surface area contributed by atoms with E-state index in [0.29, 0.717) is 29.9 Å². The van der Waals surface area contributed by atoms with Gasteiger partial charge >= 0.3 is 0 Å². The lowest BCUT2D eigenvalue weighted by molar-refractivity contribution is -0.0343. The molecule has 0 aliphatic rings. The molecule has 0 saturated heterocycles. The summed E-state index contributed by atoms with van der Waals surface area (Å²) in [5.41, 5.74) is 1.51. The van der Waals surface area contributed by atoms with E-state index >= 15 is 0 Å². The molecule has 0 aliphatic carbocycles. The first-order valence-corrected chi connectivity index (χ1v) is 12.6. The lowest BCUT2D eigenvalue weighted by atomic mass is 9.85. The number of ether oxygens (including phenoxy) is 4. The molecule has 7 nitrogen and oxygen atoms in total. The maximum atomic E-state index is 13.2. The number of allylic oxidation sites excluding steroid dienone is 5. The van der Waals surface area contributed by atoms with E-state index in [2.05, 4.69) is 26.8 Å². The zero-order chi connectivity index (χ0) is 27.7. The molecule has 0 saturated carbocycles. The number of benzene rings is 1. The minimum atomic E-state index is -0.235. The molecule has 1 aromatic carbocycles. The van der Waals surface area contributed by atoms with E-state index in [0.717, 1.165) is 0 Å². The van der Waals surface area contributed by atoms with Gasteiger partial charge in [0.2, 0.25) is 5.75 Å². The van der Waals surface area contributed by atoms with Crippen LogP contribution < -0.4 is 14.9 Å². The minimum Gasteiger partial charge on any atom is -0.502 e. The van der Waals surface area contributed by atoms with Crippen LogP contribution in [0.4, 0.5) is 0 Å². The Kier molecular flexibility index (Phi) is 11.5. The predicted molar refractivity (Wildman–Crippen MR) is 148 cm³/mol. The van der Waals surface area contributed by atoms with E-state index in [-0.39, 0.29) is 51.9 Å². The van der Waals surface area contributed by atoms with Gasteiger partial charge in [0.1, 0.15) is 16.9 Å². The van der Waals surface area contributed by atoms with Gasteiger partial charge in [-0.15, -0.1) is 0 Å². The first kappa shape index (κ1) is 30.2. The number of hydrogen-bond donors (Lipinski definition) is 1. The van der Waals surface area contributed by atoms with Crippen molar-refractivity contribution < 1.29 is 28.5 Å². The van der Waals surface area contributed by atoms with E-state index in [1.807, 2.05) is 31.2 Å². The van der Waals surface area contributed by atoms with Crippen molar-refractivity contribution in [2.75, 3.05) is 28.4 Å². The highest BCUT2D eigenvalue weighted by atomic mass is 16.5. The third-order valence-corrected chi connectivity index (χ3v) is 7.03. The van der Waals surface area contributed by atoms with Gasteiger partial charge in [-0.05, 0) is 33.1 Å². The maximum absolute atomic E-state index is 13.2. The van der Waals surface area contributed by atoms with Crippen LogP contribution >= 0.6 is 0 Å². The summed E-state index contributed by atoms with van der Waals surface area (Å²) in [5, 5.41) is 10.8. The fourth-order valence-electron chi connectivity index (χ4n) is 4.61. The van der Waals surface area contributed by atoms with Crippen molar-refractivity contribution >= 4 is 11.0 Å². The Balaban J connectivity index is 2.27. The van der Waals surface area contributed by atoms with Gasteiger partial charge < -0.3 is 28.5 Å². The van der Waals surface area contributed by atoms with Crippen molar-refractivity contribution in [2.24, 2.45) is 11.8 Å². The Morgan fingerprint density at radius 1 is 1.08 bits per heavy atom. The molecule has 0 spiro atoms. The highest BCUT2D eigenvalue weighted by molar-refractivity contribution is 5.91. The molecule has 0 amide bonds. The smallest absolute Gasteiger partial charge is 0.202 e. The number of aromatic hydroxyl groups is 1. The second-order valence-electron chi connectivity index (χ2n) is 9.37. The van der Waals surface area contributed by atoms with Gasteiger partial charge in [0.05, 0.1) is 26.4 Å². The number of phenols is 1. The van der Waals surface area contributed by atoms with E-state index in [1.165, 1.54) is 25.9 Å². The van der Waals surface area contributed by atoms with Gasteiger partial charge in [0, 0.05) is 38.2 Å². The molecule has 37 heavy (non-hydrogen) atoms. The SMILES string of the molecule is C/C=C(C)/C=C/C=C/[C@H](OC)[C@@H](C)[C@H](OC)[C@@H](C)CCc1oc2c(O)c(OC)cc(OC)c2c(=O)c1C. The summed E-state index contributed by atoms with van der Waals surface area (Å²) in [6.45, 7) is 10.0. The number of rotatable bonds is 13. The molecule has 4 atom stereocenters. The summed E-state index contributed by atoms with van der Waals surface area (Å²) in [5.74, 6) is 0.995. The van der Waals surface area contributed by atoms with Crippen molar-refractivity contribution in [3.63, 3.8) is 0 Å². The Bertz CT molecular complexity index is 1190. The van der Waals surface area contributed by atoms with Gasteiger partial charge in [-0.2, -0.15) is 0 Å². The molecule has 204 valence electrons. The fraction of sp³-hybridized carbons (Fsp3) is 0.500. The third-order valence-electron chi connectivity index (χ3n) is 7.03. The predicted octanol–water partition coefficient (Wildman–Crippen LogP) is 6.14. The molecular formula is C30H42O7. The summed E-state index contributed by atoms with van der Waals surface area (Å²) >= 11 is 0. The summed E-state index contributed by atoms with van der Waals surface area (Å²) in [4.78, 5) is 13.2. The quantitative estimate of drug-likeness (QED) is 0.321. The average Bonchev–Trinajstić information content (AvgIpc) is 2.90. The molecule has 0 unspecified atom stereocenters. The molecule has 0 bridgehead atoms. The van der Waals surface area contributed by atoms with Crippen LogP contribution in [0.1, 0.15) is 45.4 Å². The van der Waals surface area contributed by atoms with Crippen molar-refractivity contribution in [1.29, 1.82) is 0 Å². The van der Waals surface area contributed by atoms with Crippen LogP contribution in [-0.4, -0.2) is 45.8 Å². The van der Waals surface area contributed by atoms with Gasteiger partial charge in [-0.1, -0.05) is 49.8 Å². The van der Waals surface area contributed by atoms with E-state index in [1.54, 1.807) is 21.1 Å². The number of methoxy groups -OCH3 is 4. The number of hydrogen-bond acceptors (Lipinski definition) is 7. The van der Waals surface area contributed by atoms with Crippen LogP contribution in [0.3, 0.4) is 0 Å². The van der Waals surface area contributed by atoms with Crippen LogP contribution in [0.2, 0.25) is 0 Å². The maximum Gasteiger partial charge on any atom is 0.202 e. The molecule has 2 rings (SSSR count). The molecule has 0 fully saturated rings. The van der Waals surface area contributed by atoms with Crippen molar-refractivity contribution in [1.82, 2.24) is 0 Å². The van der Waals surface area contributed by atoms with Crippen LogP contribution in [0.5, 0.6) is 17.2 Å². The van der Waals surface area contributed by atoms with Gasteiger partial charge in [-0.25, -0.2) is 0 Å². The van der Waals surface area contributed by atoms with Crippen molar-refractivity contribution in [2.45, 2.75) is 59.7 Å². The Morgan fingerprint density at radius 3 is 2.32 bits per heavy atom. The second-order valence-corrected chi connectivity index (χ2v) is 9.37.